The summed E-state index contributed by atoms with van der Waals surface area (Å²) in [7, 11) is 0. The number of aromatic nitrogens is 1. The van der Waals surface area contributed by atoms with Crippen molar-refractivity contribution in [1.29, 1.82) is 0 Å². The molecule has 0 radical (unpaired) electrons. The van der Waals surface area contributed by atoms with Crippen LogP contribution in [0.25, 0.3) is 10.9 Å². The summed E-state index contributed by atoms with van der Waals surface area (Å²) in [6.45, 7) is 3.60. The Kier molecular flexibility index (Phi) is 4.94. The van der Waals surface area contributed by atoms with Crippen molar-refractivity contribution in [3.05, 3.63) is 60.8 Å². The first kappa shape index (κ1) is 15.2. The van der Waals surface area contributed by atoms with Gasteiger partial charge in [-0.2, -0.15) is 0 Å². The third kappa shape index (κ3) is 4.13. The molecule has 0 bridgehead atoms. The predicted octanol–water partition coefficient (Wildman–Crippen LogP) is 4.09. The minimum Gasteiger partial charge on any atom is -0.494 e. The average Bonchev–Trinajstić information content (AvgIpc) is 2.60. The standard InChI is InChI=1S/C19H19NO3/c1-2-21-16-5-7-17(8-6-16)22-12-13-23-18-9-10-19-15(14-18)4-3-11-20-19/h3-11,14H,2,12-13H2,1H3. The lowest BCUT2D eigenvalue weighted by Crippen LogP contribution is -2.08. The van der Waals surface area contributed by atoms with Gasteiger partial charge in [-0.1, -0.05) is 6.07 Å². The Morgan fingerprint density at radius 3 is 2.17 bits per heavy atom. The topological polar surface area (TPSA) is 40.6 Å². The van der Waals surface area contributed by atoms with Gasteiger partial charge in [-0.25, -0.2) is 0 Å². The van der Waals surface area contributed by atoms with Crippen LogP contribution in [0, 0.1) is 0 Å². The van der Waals surface area contributed by atoms with Gasteiger partial charge in [0.15, 0.2) is 0 Å². The molecule has 0 spiro atoms. The zero-order valence-electron chi connectivity index (χ0n) is 13.1. The highest BCUT2D eigenvalue weighted by atomic mass is 16.5. The number of hydrogen-bond acceptors (Lipinski definition) is 4. The van der Waals surface area contributed by atoms with Crippen LogP contribution < -0.4 is 14.2 Å². The maximum absolute atomic E-state index is 5.72. The molecule has 118 valence electrons. The third-order valence-electron chi connectivity index (χ3n) is 3.33. The van der Waals surface area contributed by atoms with Crippen LogP contribution in [0.5, 0.6) is 17.2 Å². The van der Waals surface area contributed by atoms with Crippen LogP contribution in [-0.2, 0) is 0 Å². The zero-order chi connectivity index (χ0) is 15.9. The van der Waals surface area contributed by atoms with E-state index in [1.54, 1.807) is 6.20 Å². The van der Waals surface area contributed by atoms with Gasteiger partial charge >= 0.3 is 0 Å². The fourth-order valence-electron chi connectivity index (χ4n) is 2.26. The van der Waals surface area contributed by atoms with Crippen LogP contribution in [0.15, 0.2) is 60.8 Å². The number of rotatable bonds is 7. The molecular weight excluding hydrogens is 290 g/mol. The number of pyridine rings is 1. The highest BCUT2D eigenvalue weighted by Gasteiger charge is 1.99. The van der Waals surface area contributed by atoms with Crippen LogP contribution in [0.4, 0.5) is 0 Å². The number of benzene rings is 2. The molecule has 0 saturated carbocycles. The van der Waals surface area contributed by atoms with Crippen molar-refractivity contribution < 1.29 is 14.2 Å². The summed E-state index contributed by atoms with van der Waals surface area (Å²) in [6.07, 6.45) is 1.79. The minimum atomic E-state index is 0.485. The van der Waals surface area contributed by atoms with E-state index in [1.807, 2.05) is 61.5 Å². The van der Waals surface area contributed by atoms with E-state index < -0.39 is 0 Å². The van der Waals surface area contributed by atoms with Crippen molar-refractivity contribution in [3.63, 3.8) is 0 Å². The molecule has 0 atom stereocenters. The summed E-state index contributed by atoms with van der Waals surface area (Å²) in [5.74, 6) is 2.47. The summed E-state index contributed by atoms with van der Waals surface area (Å²) in [5.41, 5.74) is 0.963. The number of ether oxygens (including phenoxy) is 3. The van der Waals surface area contributed by atoms with Gasteiger partial charge in [-0.3, -0.25) is 4.98 Å². The average molecular weight is 309 g/mol. The van der Waals surface area contributed by atoms with E-state index in [4.69, 9.17) is 14.2 Å². The van der Waals surface area contributed by atoms with Gasteiger partial charge in [0, 0.05) is 11.6 Å². The van der Waals surface area contributed by atoms with Gasteiger partial charge in [0.05, 0.1) is 12.1 Å². The normalized spacial score (nSPS) is 10.5. The van der Waals surface area contributed by atoms with E-state index in [1.165, 1.54) is 0 Å². The van der Waals surface area contributed by atoms with E-state index in [-0.39, 0.29) is 0 Å². The van der Waals surface area contributed by atoms with Gasteiger partial charge in [0.2, 0.25) is 0 Å². The molecule has 2 aromatic carbocycles. The molecule has 1 heterocycles. The van der Waals surface area contributed by atoms with Crippen molar-refractivity contribution in [2.75, 3.05) is 19.8 Å². The van der Waals surface area contributed by atoms with Gasteiger partial charge in [-0.05, 0) is 55.5 Å². The van der Waals surface area contributed by atoms with E-state index >= 15 is 0 Å². The second kappa shape index (κ2) is 7.49. The highest BCUT2D eigenvalue weighted by molar-refractivity contribution is 5.79. The highest BCUT2D eigenvalue weighted by Crippen LogP contribution is 2.19. The van der Waals surface area contributed by atoms with Crippen molar-refractivity contribution in [2.24, 2.45) is 0 Å². The lowest BCUT2D eigenvalue weighted by Gasteiger charge is -2.09. The molecule has 0 aliphatic carbocycles. The molecule has 0 aliphatic heterocycles. The number of hydrogen-bond donors (Lipinski definition) is 0. The third-order valence-corrected chi connectivity index (χ3v) is 3.33. The van der Waals surface area contributed by atoms with E-state index in [9.17, 15) is 0 Å². The monoisotopic (exact) mass is 309 g/mol. The van der Waals surface area contributed by atoms with Crippen molar-refractivity contribution in [1.82, 2.24) is 4.98 Å². The molecule has 0 fully saturated rings. The molecule has 23 heavy (non-hydrogen) atoms. The Labute approximate surface area is 135 Å². The Bertz CT molecular complexity index is 756. The quantitative estimate of drug-likeness (QED) is 0.616. The number of nitrogens with zero attached hydrogens (tertiary/aromatic N) is 1. The fourth-order valence-corrected chi connectivity index (χ4v) is 2.26. The summed E-state index contributed by atoms with van der Waals surface area (Å²) in [5, 5.41) is 1.07. The second-order valence-electron chi connectivity index (χ2n) is 4.96. The van der Waals surface area contributed by atoms with E-state index in [0.29, 0.717) is 19.8 Å². The van der Waals surface area contributed by atoms with Gasteiger partial charge in [0.1, 0.15) is 30.5 Å². The Morgan fingerprint density at radius 2 is 1.43 bits per heavy atom. The summed E-state index contributed by atoms with van der Waals surface area (Å²) < 4.78 is 16.8. The number of fused-ring (bicyclic) bond motifs is 1. The van der Waals surface area contributed by atoms with Gasteiger partial charge in [0.25, 0.3) is 0 Å². The van der Waals surface area contributed by atoms with Crippen LogP contribution in [-0.4, -0.2) is 24.8 Å². The molecule has 0 unspecified atom stereocenters. The molecule has 0 aliphatic rings. The van der Waals surface area contributed by atoms with Gasteiger partial charge in [-0.15, -0.1) is 0 Å². The Hall–Kier alpha value is -2.75. The first-order valence-electron chi connectivity index (χ1n) is 7.68. The first-order chi connectivity index (χ1) is 11.3. The Morgan fingerprint density at radius 1 is 0.783 bits per heavy atom. The molecular formula is C19H19NO3. The fraction of sp³-hybridized carbons (Fsp3) is 0.211. The summed E-state index contributed by atoms with van der Waals surface area (Å²) >= 11 is 0. The molecule has 3 rings (SSSR count). The second-order valence-corrected chi connectivity index (χ2v) is 4.96. The van der Waals surface area contributed by atoms with E-state index in [0.717, 1.165) is 28.2 Å². The predicted molar refractivity (Wildman–Crippen MR) is 90.3 cm³/mol. The van der Waals surface area contributed by atoms with Crippen molar-refractivity contribution in [3.8, 4) is 17.2 Å². The van der Waals surface area contributed by atoms with Gasteiger partial charge < -0.3 is 14.2 Å². The molecule has 4 nitrogen and oxygen atoms in total. The minimum absolute atomic E-state index is 0.485. The van der Waals surface area contributed by atoms with Crippen LogP contribution >= 0.6 is 0 Å². The maximum Gasteiger partial charge on any atom is 0.122 e. The first-order valence-corrected chi connectivity index (χ1v) is 7.68. The maximum atomic E-state index is 5.72. The lowest BCUT2D eigenvalue weighted by atomic mass is 10.2. The lowest BCUT2D eigenvalue weighted by molar-refractivity contribution is 0.217. The molecule has 0 N–H and O–H groups in total. The Balaban J connectivity index is 1.48. The molecule has 4 heteroatoms. The van der Waals surface area contributed by atoms with E-state index in [2.05, 4.69) is 4.98 Å². The molecule has 0 amide bonds. The summed E-state index contributed by atoms with van der Waals surface area (Å²) in [4.78, 5) is 4.29. The van der Waals surface area contributed by atoms with Crippen LogP contribution in [0.1, 0.15) is 6.92 Å². The SMILES string of the molecule is CCOc1ccc(OCCOc2ccc3ncccc3c2)cc1. The zero-order valence-corrected chi connectivity index (χ0v) is 13.1. The smallest absolute Gasteiger partial charge is 0.122 e. The van der Waals surface area contributed by atoms with Crippen LogP contribution in [0.2, 0.25) is 0 Å². The van der Waals surface area contributed by atoms with Crippen molar-refractivity contribution >= 4 is 10.9 Å². The molecule has 0 saturated heterocycles. The van der Waals surface area contributed by atoms with Crippen LogP contribution in [0.3, 0.4) is 0 Å². The molecule has 3 aromatic rings. The molecule has 1 aromatic heterocycles. The summed E-state index contributed by atoms with van der Waals surface area (Å²) in [6, 6.07) is 17.4. The van der Waals surface area contributed by atoms with Crippen molar-refractivity contribution in [2.45, 2.75) is 6.92 Å². The largest absolute Gasteiger partial charge is 0.494 e.